The molecule has 138 valence electrons. The summed E-state index contributed by atoms with van der Waals surface area (Å²) >= 11 is 0. The van der Waals surface area contributed by atoms with Gasteiger partial charge in [-0.3, -0.25) is 9.69 Å². The maximum Gasteiger partial charge on any atom is 0.234 e. The molecule has 1 aromatic carbocycles. The lowest BCUT2D eigenvalue weighted by Gasteiger charge is -2.36. The zero-order valence-corrected chi connectivity index (χ0v) is 15.2. The summed E-state index contributed by atoms with van der Waals surface area (Å²) in [6.45, 7) is 9.57. The first-order chi connectivity index (χ1) is 12.1. The molecule has 25 heavy (non-hydrogen) atoms. The van der Waals surface area contributed by atoms with Gasteiger partial charge in [0.1, 0.15) is 5.75 Å². The van der Waals surface area contributed by atoms with Crippen LogP contribution >= 0.6 is 0 Å². The Kier molecular flexibility index (Phi) is 6.15. The molecule has 2 fully saturated rings. The molecule has 1 amide bonds. The first-order valence-corrected chi connectivity index (χ1v) is 9.42. The number of hydrogen-bond acceptors (Lipinski definition) is 5. The van der Waals surface area contributed by atoms with Gasteiger partial charge in [-0.2, -0.15) is 0 Å². The Morgan fingerprint density at radius 3 is 2.28 bits per heavy atom. The maximum absolute atomic E-state index is 12.3. The minimum absolute atomic E-state index is 0.160. The van der Waals surface area contributed by atoms with E-state index in [0.717, 1.165) is 64.3 Å². The molecule has 3 rings (SSSR count). The minimum atomic E-state index is 0.160. The Morgan fingerprint density at radius 1 is 1.04 bits per heavy atom. The Hall–Kier alpha value is -1.79. The SMILES string of the molecule is CCN1CCC(NC(=O)CN2CCN(c3ccc(O)cc3)CC2)CC1. The third-order valence-electron chi connectivity index (χ3n) is 5.35. The number of nitrogens with zero attached hydrogens (tertiary/aromatic N) is 3. The lowest BCUT2D eigenvalue weighted by Crippen LogP contribution is -2.51. The first kappa shape index (κ1) is 18.0. The van der Waals surface area contributed by atoms with Crippen molar-refractivity contribution >= 4 is 11.6 Å². The molecule has 6 heteroatoms. The fourth-order valence-electron chi connectivity index (χ4n) is 3.70. The van der Waals surface area contributed by atoms with Gasteiger partial charge in [0.05, 0.1) is 6.54 Å². The van der Waals surface area contributed by atoms with Gasteiger partial charge in [-0.25, -0.2) is 0 Å². The number of piperidine rings is 1. The summed E-state index contributed by atoms with van der Waals surface area (Å²) in [6.07, 6.45) is 2.13. The average molecular weight is 346 g/mol. The third-order valence-corrected chi connectivity index (χ3v) is 5.35. The molecule has 0 saturated carbocycles. The van der Waals surface area contributed by atoms with Crippen LogP contribution in [0.3, 0.4) is 0 Å². The van der Waals surface area contributed by atoms with Gasteiger partial charge in [-0.05, 0) is 43.7 Å². The number of carbonyl (C=O) groups excluding carboxylic acids is 1. The monoisotopic (exact) mass is 346 g/mol. The molecule has 6 nitrogen and oxygen atoms in total. The van der Waals surface area contributed by atoms with E-state index in [1.54, 1.807) is 12.1 Å². The quantitative estimate of drug-likeness (QED) is 0.837. The van der Waals surface area contributed by atoms with Gasteiger partial charge >= 0.3 is 0 Å². The number of anilines is 1. The Morgan fingerprint density at radius 2 is 1.68 bits per heavy atom. The molecule has 0 aromatic heterocycles. The van der Waals surface area contributed by atoms with E-state index in [0.29, 0.717) is 18.3 Å². The Bertz CT molecular complexity index is 547. The number of phenolic OH excluding ortho intramolecular Hbond substituents is 1. The van der Waals surface area contributed by atoms with Crippen molar-refractivity contribution in [2.45, 2.75) is 25.8 Å². The lowest BCUT2D eigenvalue weighted by molar-refractivity contribution is -0.123. The van der Waals surface area contributed by atoms with Gasteiger partial charge in [0.2, 0.25) is 5.91 Å². The largest absolute Gasteiger partial charge is 0.508 e. The van der Waals surface area contributed by atoms with Gasteiger partial charge in [0, 0.05) is 51.0 Å². The van der Waals surface area contributed by atoms with Crippen LogP contribution in [0, 0.1) is 0 Å². The Labute approximate surface area is 150 Å². The van der Waals surface area contributed by atoms with Crippen LogP contribution in [0.5, 0.6) is 5.75 Å². The summed E-state index contributed by atoms with van der Waals surface area (Å²) in [5.41, 5.74) is 1.13. The summed E-state index contributed by atoms with van der Waals surface area (Å²) in [4.78, 5) is 19.3. The van der Waals surface area contributed by atoms with Crippen molar-refractivity contribution in [1.29, 1.82) is 0 Å². The average Bonchev–Trinajstić information content (AvgIpc) is 2.64. The number of carbonyl (C=O) groups is 1. The molecule has 2 aliphatic heterocycles. The normalized spacial score (nSPS) is 20.6. The number of likely N-dealkylation sites (tertiary alicyclic amines) is 1. The molecular weight excluding hydrogens is 316 g/mol. The molecule has 2 N–H and O–H groups in total. The number of hydrogen-bond donors (Lipinski definition) is 2. The molecule has 0 radical (unpaired) electrons. The molecule has 1 aromatic rings. The van der Waals surface area contributed by atoms with Crippen molar-refractivity contribution in [2.24, 2.45) is 0 Å². The van der Waals surface area contributed by atoms with Crippen LogP contribution in [0.2, 0.25) is 0 Å². The highest BCUT2D eigenvalue weighted by Crippen LogP contribution is 2.19. The predicted octanol–water partition coefficient (Wildman–Crippen LogP) is 1.11. The van der Waals surface area contributed by atoms with Crippen LogP contribution in [-0.2, 0) is 4.79 Å². The topological polar surface area (TPSA) is 59.1 Å². The third kappa shape index (κ3) is 5.09. The van der Waals surface area contributed by atoms with Gasteiger partial charge in [0.25, 0.3) is 0 Å². The smallest absolute Gasteiger partial charge is 0.234 e. The zero-order chi connectivity index (χ0) is 17.6. The summed E-state index contributed by atoms with van der Waals surface area (Å²) in [7, 11) is 0. The van der Waals surface area contributed by atoms with E-state index in [-0.39, 0.29) is 5.91 Å². The second kappa shape index (κ2) is 8.54. The number of phenols is 1. The number of amides is 1. The first-order valence-electron chi connectivity index (χ1n) is 9.42. The molecule has 2 heterocycles. The molecule has 0 bridgehead atoms. The summed E-state index contributed by atoms with van der Waals surface area (Å²) in [5, 5.41) is 12.6. The highest BCUT2D eigenvalue weighted by Gasteiger charge is 2.22. The van der Waals surface area contributed by atoms with E-state index in [4.69, 9.17) is 0 Å². The summed E-state index contributed by atoms with van der Waals surface area (Å²) in [6, 6.07) is 7.67. The second-order valence-electron chi connectivity index (χ2n) is 7.06. The fraction of sp³-hybridized carbons (Fsp3) is 0.632. The standard InChI is InChI=1S/C19H30N4O2/c1-2-21-9-7-16(8-10-21)20-19(25)15-22-11-13-23(14-12-22)17-3-5-18(24)6-4-17/h3-6,16,24H,2,7-15H2,1H3,(H,20,25). The van der Waals surface area contributed by atoms with Gasteiger partial charge in [-0.1, -0.05) is 6.92 Å². The van der Waals surface area contributed by atoms with Crippen molar-refractivity contribution in [3.63, 3.8) is 0 Å². The highest BCUT2D eigenvalue weighted by atomic mass is 16.3. The zero-order valence-electron chi connectivity index (χ0n) is 15.2. The van der Waals surface area contributed by atoms with Gasteiger partial charge < -0.3 is 20.2 Å². The van der Waals surface area contributed by atoms with Crippen LogP contribution in [0.4, 0.5) is 5.69 Å². The molecule has 0 spiro atoms. The van der Waals surface area contributed by atoms with Crippen molar-refractivity contribution < 1.29 is 9.90 Å². The van der Waals surface area contributed by atoms with Crippen molar-refractivity contribution in [1.82, 2.24) is 15.1 Å². The number of aromatic hydroxyl groups is 1. The van der Waals surface area contributed by atoms with Crippen LogP contribution in [0.15, 0.2) is 24.3 Å². The molecule has 0 aliphatic carbocycles. The van der Waals surface area contributed by atoms with E-state index in [1.165, 1.54) is 0 Å². The number of nitrogens with one attached hydrogen (secondary N) is 1. The molecular formula is C19H30N4O2. The molecule has 2 aliphatic rings. The van der Waals surface area contributed by atoms with Crippen molar-refractivity contribution in [2.75, 3.05) is 57.3 Å². The van der Waals surface area contributed by atoms with Crippen LogP contribution in [0.25, 0.3) is 0 Å². The number of piperazine rings is 1. The van der Waals surface area contributed by atoms with Crippen LogP contribution in [0.1, 0.15) is 19.8 Å². The maximum atomic E-state index is 12.3. The summed E-state index contributed by atoms with van der Waals surface area (Å²) < 4.78 is 0. The van der Waals surface area contributed by atoms with E-state index in [2.05, 4.69) is 26.9 Å². The second-order valence-corrected chi connectivity index (χ2v) is 7.06. The van der Waals surface area contributed by atoms with Gasteiger partial charge in [0.15, 0.2) is 0 Å². The highest BCUT2D eigenvalue weighted by molar-refractivity contribution is 5.78. The number of benzene rings is 1. The van der Waals surface area contributed by atoms with Crippen molar-refractivity contribution in [3.8, 4) is 5.75 Å². The minimum Gasteiger partial charge on any atom is -0.508 e. The molecule has 0 atom stereocenters. The summed E-state index contributed by atoms with van der Waals surface area (Å²) in [5.74, 6) is 0.455. The Balaban J connectivity index is 1.38. The van der Waals surface area contributed by atoms with Gasteiger partial charge in [-0.15, -0.1) is 0 Å². The van der Waals surface area contributed by atoms with Crippen molar-refractivity contribution in [3.05, 3.63) is 24.3 Å². The fourth-order valence-corrected chi connectivity index (χ4v) is 3.70. The van der Waals surface area contributed by atoms with E-state index in [9.17, 15) is 9.90 Å². The lowest BCUT2D eigenvalue weighted by atomic mass is 10.1. The van der Waals surface area contributed by atoms with Crippen LogP contribution in [-0.4, -0.2) is 79.2 Å². The number of rotatable bonds is 5. The predicted molar refractivity (Wildman–Crippen MR) is 100 cm³/mol. The molecule has 2 saturated heterocycles. The van der Waals surface area contributed by atoms with E-state index < -0.39 is 0 Å². The van der Waals surface area contributed by atoms with E-state index >= 15 is 0 Å². The molecule has 0 unspecified atom stereocenters. The van der Waals surface area contributed by atoms with Crippen LogP contribution < -0.4 is 10.2 Å². The van der Waals surface area contributed by atoms with E-state index in [1.807, 2.05) is 12.1 Å².